The summed E-state index contributed by atoms with van der Waals surface area (Å²) in [7, 11) is 1.64. The second-order valence-electron chi connectivity index (χ2n) is 4.84. The van der Waals surface area contributed by atoms with E-state index in [4.69, 9.17) is 10.5 Å². The highest BCUT2D eigenvalue weighted by atomic mass is 16.5. The number of nitrogens with zero attached hydrogens (tertiary/aromatic N) is 1. The molecule has 1 amide bonds. The van der Waals surface area contributed by atoms with Crippen LogP contribution in [0.4, 0.5) is 5.69 Å². The Balaban J connectivity index is 2.25. The molecule has 5 heteroatoms. The molecule has 104 valence electrons. The topological polar surface area (TPSA) is 67.6 Å². The van der Waals surface area contributed by atoms with Gasteiger partial charge in [0, 0.05) is 24.8 Å². The summed E-state index contributed by atoms with van der Waals surface area (Å²) in [5, 5.41) is 2.98. The first-order valence-corrected chi connectivity index (χ1v) is 6.57. The molecule has 1 aliphatic heterocycles. The number of ether oxygens (including phenoxy) is 1. The Hall–Kier alpha value is -1.75. The van der Waals surface area contributed by atoms with E-state index in [1.165, 1.54) is 0 Å². The molecular weight excluding hydrogens is 242 g/mol. The highest BCUT2D eigenvalue weighted by Gasteiger charge is 2.29. The molecule has 2 rings (SSSR count). The molecule has 1 aliphatic rings. The van der Waals surface area contributed by atoms with Gasteiger partial charge >= 0.3 is 0 Å². The van der Waals surface area contributed by atoms with Gasteiger partial charge < -0.3 is 20.7 Å². The molecule has 19 heavy (non-hydrogen) atoms. The lowest BCUT2D eigenvalue weighted by molar-refractivity contribution is -0.122. The lowest BCUT2D eigenvalue weighted by Crippen LogP contribution is -2.49. The van der Waals surface area contributed by atoms with Gasteiger partial charge in [0.2, 0.25) is 5.91 Å². The minimum atomic E-state index is -0.307. The fraction of sp³-hybridized carbons (Fsp3) is 0.500. The molecule has 1 aromatic carbocycles. The number of hydrogen-bond donors (Lipinski definition) is 2. The number of amides is 1. The molecule has 0 bridgehead atoms. The van der Waals surface area contributed by atoms with Crippen LogP contribution in [0.3, 0.4) is 0 Å². The highest BCUT2D eigenvalue weighted by molar-refractivity contribution is 5.86. The van der Waals surface area contributed by atoms with E-state index in [-0.39, 0.29) is 18.0 Å². The standard InChI is InChI=1S/C14H21N3O2/c1-10-7-8-17(13(9-15)14(18)16-10)11-3-5-12(19-2)6-4-11/h3-6,10,13H,7-9,15H2,1-2H3,(H,16,18). The third-order valence-electron chi connectivity index (χ3n) is 3.50. The fourth-order valence-electron chi connectivity index (χ4n) is 2.36. The zero-order valence-corrected chi connectivity index (χ0v) is 11.4. The van der Waals surface area contributed by atoms with Gasteiger partial charge in [-0.05, 0) is 37.6 Å². The summed E-state index contributed by atoms with van der Waals surface area (Å²) in [5.74, 6) is 0.809. The molecular formula is C14H21N3O2. The van der Waals surface area contributed by atoms with Gasteiger partial charge in [0.1, 0.15) is 11.8 Å². The predicted molar refractivity (Wildman–Crippen MR) is 75.4 cm³/mol. The first-order chi connectivity index (χ1) is 9.15. The monoisotopic (exact) mass is 263 g/mol. The minimum absolute atomic E-state index is 0.00307. The third kappa shape index (κ3) is 2.98. The molecule has 2 atom stereocenters. The smallest absolute Gasteiger partial charge is 0.244 e. The number of carbonyl (C=O) groups is 1. The lowest BCUT2D eigenvalue weighted by Gasteiger charge is -2.29. The second-order valence-corrected chi connectivity index (χ2v) is 4.84. The molecule has 1 fully saturated rings. The van der Waals surface area contributed by atoms with Gasteiger partial charge in [-0.2, -0.15) is 0 Å². The van der Waals surface area contributed by atoms with Crippen molar-refractivity contribution in [2.75, 3.05) is 25.1 Å². The molecule has 1 saturated heterocycles. The van der Waals surface area contributed by atoms with Crippen molar-refractivity contribution < 1.29 is 9.53 Å². The summed E-state index contributed by atoms with van der Waals surface area (Å²) in [6.07, 6.45) is 0.911. The van der Waals surface area contributed by atoms with Crippen molar-refractivity contribution in [2.24, 2.45) is 5.73 Å². The zero-order chi connectivity index (χ0) is 13.8. The maximum Gasteiger partial charge on any atom is 0.244 e. The van der Waals surface area contributed by atoms with Crippen LogP contribution < -0.4 is 20.7 Å². The Morgan fingerprint density at radius 2 is 2.11 bits per heavy atom. The van der Waals surface area contributed by atoms with Gasteiger partial charge in [0.05, 0.1) is 7.11 Å². The number of nitrogens with two attached hydrogens (primary N) is 1. The average Bonchev–Trinajstić information content (AvgIpc) is 2.57. The van der Waals surface area contributed by atoms with Gasteiger partial charge in [0.15, 0.2) is 0 Å². The number of benzene rings is 1. The van der Waals surface area contributed by atoms with Crippen LogP contribution in [0.25, 0.3) is 0 Å². The van der Waals surface area contributed by atoms with Crippen LogP contribution in [0.1, 0.15) is 13.3 Å². The molecule has 0 spiro atoms. The van der Waals surface area contributed by atoms with E-state index >= 15 is 0 Å². The number of anilines is 1. The molecule has 3 N–H and O–H groups in total. The maximum absolute atomic E-state index is 12.1. The Morgan fingerprint density at radius 3 is 2.68 bits per heavy atom. The largest absolute Gasteiger partial charge is 0.497 e. The van der Waals surface area contributed by atoms with Crippen molar-refractivity contribution in [3.8, 4) is 5.75 Å². The van der Waals surface area contributed by atoms with Crippen LogP contribution in [-0.4, -0.2) is 38.2 Å². The molecule has 0 saturated carbocycles. The molecule has 1 aromatic rings. The second kappa shape index (κ2) is 5.93. The van der Waals surface area contributed by atoms with E-state index in [1.807, 2.05) is 31.2 Å². The van der Waals surface area contributed by atoms with Gasteiger partial charge in [-0.15, -0.1) is 0 Å². The average molecular weight is 263 g/mol. The van der Waals surface area contributed by atoms with Crippen LogP contribution in [0.15, 0.2) is 24.3 Å². The summed E-state index contributed by atoms with van der Waals surface area (Å²) in [6.45, 7) is 3.14. The molecule has 0 radical (unpaired) electrons. The van der Waals surface area contributed by atoms with E-state index in [0.717, 1.165) is 24.4 Å². The molecule has 0 aromatic heterocycles. The van der Waals surface area contributed by atoms with E-state index < -0.39 is 0 Å². The van der Waals surface area contributed by atoms with Gasteiger partial charge in [-0.3, -0.25) is 4.79 Å². The van der Waals surface area contributed by atoms with Crippen LogP contribution >= 0.6 is 0 Å². The number of rotatable bonds is 3. The predicted octanol–water partition coefficient (Wildman–Crippen LogP) is 0.737. The fourth-order valence-corrected chi connectivity index (χ4v) is 2.36. The Kier molecular flexibility index (Phi) is 4.27. The quantitative estimate of drug-likeness (QED) is 0.844. The Labute approximate surface area is 113 Å². The van der Waals surface area contributed by atoms with E-state index in [2.05, 4.69) is 10.2 Å². The first-order valence-electron chi connectivity index (χ1n) is 6.57. The van der Waals surface area contributed by atoms with Gasteiger partial charge in [0.25, 0.3) is 0 Å². The van der Waals surface area contributed by atoms with E-state index in [9.17, 15) is 4.79 Å². The Morgan fingerprint density at radius 1 is 1.42 bits per heavy atom. The van der Waals surface area contributed by atoms with Crippen molar-refractivity contribution >= 4 is 11.6 Å². The van der Waals surface area contributed by atoms with Crippen LogP contribution in [0.5, 0.6) is 5.75 Å². The van der Waals surface area contributed by atoms with Crippen LogP contribution in [0, 0.1) is 0 Å². The van der Waals surface area contributed by atoms with Crippen molar-refractivity contribution in [3.63, 3.8) is 0 Å². The minimum Gasteiger partial charge on any atom is -0.497 e. The van der Waals surface area contributed by atoms with Crippen molar-refractivity contribution in [1.82, 2.24) is 5.32 Å². The number of nitrogens with one attached hydrogen (secondary N) is 1. The van der Waals surface area contributed by atoms with Gasteiger partial charge in [-0.25, -0.2) is 0 Å². The lowest BCUT2D eigenvalue weighted by atomic mass is 10.2. The third-order valence-corrected chi connectivity index (χ3v) is 3.50. The summed E-state index contributed by atoms with van der Waals surface area (Å²) in [5.41, 5.74) is 6.77. The number of methoxy groups -OCH3 is 1. The van der Waals surface area contributed by atoms with Crippen LogP contribution in [0.2, 0.25) is 0 Å². The molecule has 2 unspecified atom stereocenters. The number of hydrogen-bond acceptors (Lipinski definition) is 4. The normalized spacial score (nSPS) is 23.7. The van der Waals surface area contributed by atoms with E-state index in [1.54, 1.807) is 7.11 Å². The number of carbonyl (C=O) groups excluding carboxylic acids is 1. The van der Waals surface area contributed by atoms with Gasteiger partial charge in [-0.1, -0.05) is 0 Å². The molecule has 0 aliphatic carbocycles. The highest BCUT2D eigenvalue weighted by Crippen LogP contribution is 2.23. The maximum atomic E-state index is 12.1. The Bertz CT molecular complexity index is 433. The summed E-state index contributed by atoms with van der Waals surface area (Å²) in [6, 6.07) is 7.60. The van der Waals surface area contributed by atoms with Crippen molar-refractivity contribution in [2.45, 2.75) is 25.4 Å². The zero-order valence-electron chi connectivity index (χ0n) is 11.4. The molecule has 1 heterocycles. The van der Waals surface area contributed by atoms with Crippen molar-refractivity contribution in [1.29, 1.82) is 0 Å². The summed E-state index contributed by atoms with van der Waals surface area (Å²) in [4.78, 5) is 14.2. The SMILES string of the molecule is COc1ccc(N2CCC(C)NC(=O)C2CN)cc1. The van der Waals surface area contributed by atoms with Crippen LogP contribution in [-0.2, 0) is 4.79 Å². The molecule has 5 nitrogen and oxygen atoms in total. The summed E-state index contributed by atoms with van der Waals surface area (Å²) >= 11 is 0. The first kappa shape index (κ1) is 13.7. The summed E-state index contributed by atoms with van der Waals surface area (Å²) < 4.78 is 5.15. The van der Waals surface area contributed by atoms with E-state index in [0.29, 0.717) is 6.54 Å². The van der Waals surface area contributed by atoms with Crippen molar-refractivity contribution in [3.05, 3.63) is 24.3 Å².